The fourth-order valence-corrected chi connectivity index (χ4v) is 1.03. The predicted molar refractivity (Wildman–Crippen MR) is 46.9 cm³/mol. The molecule has 0 aliphatic carbocycles. The van der Waals surface area contributed by atoms with Crippen molar-refractivity contribution < 1.29 is 14.6 Å². The summed E-state index contributed by atoms with van der Waals surface area (Å²) >= 11 is 0. The Morgan fingerprint density at radius 2 is 2.23 bits per heavy atom. The van der Waals surface area contributed by atoms with Crippen LogP contribution in [0.15, 0.2) is 18.2 Å². The zero-order valence-electron chi connectivity index (χ0n) is 7.46. The van der Waals surface area contributed by atoms with Crippen molar-refractivity contribution >= 4 is 11.7 Å². The molecule has 4 heteroatoms. The van der Waals surface area contributed by atoms with E-state index in [-0.39, 0.29) is 5.56 Å². The summed E-state index contributed by atoms with van der Waals surface area (Å²) in [6.07, 6.45) is 0. The number of hydrogen-bond donors (Lipinski definition) is 1. The van der Waals surface area contributed by atoms with Gasteiger partial charge in [-0.25, -0.2) is 0 Å². The molecule has 0 heterocycles. The fourth-order valence-electron chi connectivity index (χ4n) is 1.03. The molecule has 0 aliphatic rings. The highest BCUT2D eigenvalue weighted by atomic mass is 16.5. The molecule has 0 bridgehead atoms. The maximum atomic E-state index is 10.5. The maximum Gasteiger partial charge on any atom is 0.141 e. The van der Waals surface area contributed by atoms with Crippen molar-refractivity contribution in [2.45, 2.75) is 0 Å². The molecule has 1 N–H and O–H groups in total. The average Bonchev–Trinajstić information content (AvgIpc) is 2.16. The zero-order chi connectivity index (χ0) is 9.84. The number of ether oxygens (including phenoxy) is 1. The van der Waals surface area contributed by atoms with E-state index in [1.165, 1.54) is 19.2 Å². The first kappa shape index (κ1) is 9.38. The van der Waals surface area contributed by atoms with Crippen LogP contribution in [0.5, 0.6) is 5.75 Å². The zero-order valence-corrected chi connectivity index (χ0v) is 7.46. The van der Waals surface area contributed by atoms with E-state index in [2.05, 4.69) is 5.32 Å². The first-order valence-corrected chi connectivity index (χ1v) is 3.76. The van der Waals surface area contributed by atoms with Crippen LogP contribution in [0.4, 0.5) is 5.69 Å². The highest BCUT2D eigenvalue weighted by molar-refractivity contribution is 5.87. The summed E-state index contributed by atoms with van der Waals surface area (Å²) in [5.74, 6) is -0.591. The van der Waals surface area contributed by atoms with Gasteiger partial charge in [0.25, 0.3) is 0 Å². The SMILES string of the molecule is CNc1cc(C(=O)[O-])ccc1OC. The average molecular weight is 180 g/mol. The number of carbonyl (C=O) groups is 1. The summed E-state index contributed by atoms with van der Waals surface area (Å²) in [6.45, 7) is 0. The molecule has 0 amide bonds. The Labute approximate surface area is 76.1 Å². The van der Waals surface area contributed by atoms with Crippen molar-refractivity contribution in [3.63, 3.8) is 0 Å². The Morgan fingerprint density at radius 3 is 2.69 bits per heavy atom. The van der Waals surface area contributed by atoms with Crippen LogP contribution < -0.4 is 15.2 Å². The van der Waals surface area contributed by atoms with Crippen LogP contribution in [0.3, 0.4) is 0 Å². The quantitative estimate of drug-likeness (QED) is 0.716. The Bertz CT molecular complexity index is 323. The Morgan fingerprint density at radius 1 is 1.54 bits per heavy atom. The van der Waals surface area contributed by atoms with Crippen LogP contribution >= 0.6 is 0 Å². The number of nitrogens with one attached hydrogen (secondary N) is 1. The number of rotatable bonds is 3. The minimum atomic E-state index is -1.20. The van der Waals surface area contributed by atoms with Crippen molar-refractivity contribution in [3.05, 3.63) is 23.8 Å². The molecule has 1 aromatic carbocycles. The predicted octanol–water partition coefficient (Wildman–Crippen LogP) is 0.100. The Balaban J connectivity index is 3.13. The molecule has 70 valence electrons. The van der Waals surface area contributed by atoms with E-state index in [0.717, 1.165) is 0 Å². The second-order valence-corrected chi connectivity index (χ2v) is 2.45. The molecule has 0 spiro atoms. The molecule has 0 aromatic heterocycles. The van der Waals surface area contributed by atoms with Crippen LogP contribution in [0.1, 0.15) is 10.4 Å². The van der Waals surface area contributed by atoms with Gasteiger partial charge in [0.1, 0.15) is 5.75 Å². The number of carboxylic acids is 1. The van der Waals surface area contributed by atoms with Crippen molar-refractivity contribution in [3.8, 4) is 5.75 Å². The van der Waals surface area contributed by atoms with E-state index in [4.69, 9.17) is 4.74 Å². The monoisotopic (exact) mass is 180 g/mol. The number of carboxylic acid groups (broad SMARTS) is 1. The van der Waals surface area contributed by atoms with Crippen LogP contribution in [-0.4, -0.2) is 20.1 Å². The van der Waals surface area contributed by atoms with Gasteiger partial charge in [0.05, 0.1) is 18.8 Å². The number of hydrogen-bond acceptors (Lipinski definition) is 4. The van der Waals surface area contributed by atoms with Crippen LogP contribution in [0.2, 0.25) is 0 Å². The second kappa shape index (κ2) is 3.80. The van der Waals surface area contributed by atoms with Crippen LogP contribution in [0, 0.1) is 0 Å². The highest BCUT2D eigenvalue weighted by Crippen LogP contribution is 2.24. The van der Waals surface area contributed by atoms with Crippen molar-refractivity contribution in [2.24, 2.45) is 0 Å². The van der Waals surface area contributed by atoms with Gasteiger partial charge in [-0.2, -0.15) is 0 Å². The molecule has 0 unspecified atom stereocenters. The molecule has 1 aromatic rings. The van der Waals surface area contributed by atoms with Gasteiger partial charge in [-0.05, 0) is 23.8 Å². The van der Waals surface area contributed by atoms with Gasteiger partial charge in [0.2, 0.25) is 0 Å². The van der Waals surface area contributed by atoms with E-state index in [1.54, 1.807) is 13.1 Å². The van der Waals surface area contributed by atoms with Crippen molar-refractivity contribution in [1.82, 2.24) is 0 Å². The lowest BCUT2D eigenvalue weighted by Crippen LogP contribution is -2.22. The summed E-state index contributed by atoms with van der Waals surface area (Å²) < 4.78 is 5.00. The molecule has 0 saturated carbocycles. The summed E-state index contributed by atoms with van der Waals surface area (Å²) in [6, 6.07) is 4.49. The third-order valence-electron chi connectivity index (χ3n) is 1.70. The van der Waals surface area contributed by atoms with Crippen molar-refractivity contribution in [2.75, 3.05) is 19.5 Å². The smallest absolute Gasteiger partial charge is 0.141 e. The first-order valence-electron chi connectivity index (χ1n) is 3.76. The number of methoxy groups -OCH3 is 1. The first-order chi connectivity index (χ1) is 6.19. The standard InChI is InChI=1S/C9H11NO3/c1-10-7-5-6(9(11)12)3-4-8(7)13-2/h3-5,10H,1-2H3,(H,11,12)/p-1. The molecule has 1 rings (SSSR count). The summed E-state index contributed by atoms with van der Waals surface area (Å²) in [7, 11) is 3.21. The van der Waals surface area contributed by atoms with Gasteiger partial charge >= 0.3 is 0 Å². The normalized spacial score (nSPS) is 9.38. The van der Waals surface area contributed by atoms with Gasteiger partial charge in [0, 0.05) is 7.05 Å². The van der Waals surface area contributed by atoms with Gasteiger partial charge in [-0.1, -0.05) is 0 Å². The van der Waals surface area contributed by atoms with E-state index in [9.17, 15) is 9.90 Å². The number of carbonyl (C=O) groups excluding carboxylic acids is 1. The summed E-state index contributed by atoms with van der Waals surface area (Å²) in [5.41, 5.74) is 0.759. The molecule has 0 atom stereocenters. The van der Waals surface area contributed by atoms with E-state index >= 15 is 0 Å². The Kier molecular flexibility index (Phi) is 2.74. The van der Waals surface area contributed by atoms with Gasteiger partial charge in [-0.3, -0.25) is 0 Å². The molecule has 0 saturated heterocycles. The number of aromatic carboxylic acids is 1. The topological polar surface area (TPSA) is 61.4 Å². The molecule has 0 aliphatic heterocycles. The minimum Gasteiger partial charge on any atom is -0.545 e. The molecule has 4 nitrogen and oxygen atoms in total. The summed E-state index contributed by atoms with van der Waals surface area (Å²) in [5, 5.41) is 13.3. The van der Waals surface area contributed by atoms with Gasteiger partial charge in [-0.15, -0.1) is 0 Å². The lowest BCUT2D eigenvalue weighted by molar-refractivity contribution is -0.255. The third kappa shape index (κ3) is 1.90. The molecule has 0 fully saturated rings. The van der Waals surface area contributed by atoms with Crippen LogP contribution in [0.25, 0.3) is 0 Å². The molecular weight excluding hydrogens is 170 g/mol. The lowest BCUT2D eigenvalue weighted by atomic mass is 10.2. The molecule has 0 radical (unpaired) electrons. The van der Waals surface area contributed by atoms with E-state index in [0.29, 0.717) is 11.4 Å². The van der Waals surface area contributed by atoms with Gasteiger partial charge in [0.15, 0.2) is 0 Å². The highest BCUT2D eigenvalue weighted by Gasteiger charge is 2.02. The third-order valence-corrected chi connectivity index (χ3v) is 1.70. The summed E-state index contributed by atoms with van der Waals surface area (Å²) in [4.78, 5) is 10.5. The second-order valence-electron chi connectivity index (χ2n) is 2.45. The van der Waals surface area contributed by atoms with Gasteiger partial charge < -0.3 is 20.0 Å². The maximum absolute atomic E-state index is 10.5. The fraction of sp³-hybridized carbons (Fsp3) is 0.222. The minimum absolute atomic E-state index is 0.130. The lowest BCUT2D eigenvalue weighted by Gasteiger charge is -2.10. The van der Waals surface area contributed by atoms with Crippen molar-refractivity contribution in [1.29, 1.82) is 0 Å². The number of anilines is 1. The Hall–Kier alpha value is -1.71. The van der Waals surface area contributed by atoms with E-state index < -0.39 is 5.97 Å². The number of benzene rings is 1. The van der Waals surface area contributed by atoms with Crippen LogP contribution in [-0.2, 0) is 0 Å². The molecular formula is C9H10NO3-. The molecule has 13 heavy (non-hydrogen) atoms. The van der Waals surface area contributed by atoms with E-state index in [1.807, 2.05) is 0 Å². The largest absolute Gasteiger partial charge is 0.545 e.